The number of pyridine rings is 1. The Morgan fingerprint density at radius 2 is 2.33 bits per heavy atom. The summed E-state index contributed by atoms with van der Waals surface area (Å²) in [4.78, 5) is 3.97. The molecule has 0 bridgehead atoms. The number of nitrogens with zero attached hydrogens (tertiary/aromatic N) is 1. The van der Waals surface area contributed by atoms with Gasteiger partial charge in [0.1, 0.15) is 0 Å². The summed E-state index contributed by atoms with van der Waals surface area (Å²) >= 11 is 7.86. The van der Waals surface area contributed by atoms with Gasteiger partial charge in [0.25, 0.3) is 0 Å². The van der Waals surface area contributed by atoms with Crippen LogP contribution in [0.5, 0.6) is 0 Å². The van der Waals surface area contributed by atoms with E-state index in [1.165, 1.54) is 0 Å². The zero-order valence-corrected chi connectivity index (χ0v) is 8.45. The molecule has 1 aromatic heterocycles. The summed E-state index contributed by atoms with van der Waals surface area (Å²) in [6.45, 7) is 0. The molecule has 5 N–H and O–H groups in total. The van der Waals surface area contributed by atoms with Crippen LogP contribution in [0.15, 0.2) is 16.7 Å². The van der Waals surface area contributed by atoms with E-state index in [9.17, 15) is 0 Å². The lowest BCUT2D eigenvalue weighted by atomic mass is 10.4. The number of rotatable bonds is 1. The molecule has 64 valence electrons. The van der Waals surface area contributed by atoms with Crippen LogP contribution in [0, 0.1) is 0 Å². The van der Waals surface area contributed by atoms with Crippen molar-refractivity contribution in [3.05, 3.63) is 16.7 Å². The van der Waals surface area contributed by atoms with Crippen LogP contribution in [0.4, 0.5) is 11.5 Å². The topological polar surface area (TPSA) is 77.0 Å². The van der Waals surface area contributed by atoms with Gasteiger partial charge in [-0.1, -0.05) is 0 Å². The maximum Gasteiger partial charge on any atom is 0.169 e. The Labute approximate surface area is 83.5 Å². The first-order valence-electron chi connectivity index (χ1n) is 3.07. The molecule has 1 aromatic rings. The van der Waals surface area contributed by atoms with Gasteiger partial charge < -0.3 is 16.8 Å². The van der Waals surface area contributed by atoms with Crippen molar-refractivity contribution in [3.63, 3.8) is 0 Å². The van der Waals surface area contributed by atoms with Crippen molar-refractivity contribution >= 4 is 44.8 Å². The van der Waals surface area contributed by atoms with Crippen molar-refractivity contribution in [1.29, 1.82) is 0 Å². The molecule has 0 fully saturated rings. The van der Waals surface area contributed by atoms with Crippen LogP contribution in [0.25, 0.3) is 0 Å². The van der Waals surface area contributed by atoms with Crippen molar-refractivity contribution in [1.82, 2.24) is 4.98 Å². The number of anilines is 2. The van der Waals surface area contributed by atoms with E-state index >= 15 is 0 Å². The number of halogens is 1. The lowest BCUT2D eigenvalue weighted by Crippen LogP contribution is -2.20. The van der Waals surface area contributed by atoms with E-state index in [1.54, 1.807) is 12.3 Å². The summed E-state index contributed by atoms with van der Waals surface area (Å²) in [5.41, 5.74) is 11.3. The summed E-state index contributed by atoms with van der Waals surface area (Å²) in [6.07, 6.45) is 1.61. The Morgan fingerprint density at radius 1 is 1.67 bits per heavy atom. The molecule has 0 aromatic carbocycles. The number of thiocarbonyl (C=S) groups is 1. The fourth-order valence-electron chi connectivity index (χ4n) is 0.676. The normalized spacial score (nSPS) is 9.42. The number of aromatic nitrogens is 1. The molecule has 1 rings (SSSR count). The van der Waals surface area contributed by atoms with Crippen molar-refractivity contribution in [3.8, 4) is 0 Å². The van der Waals surface area contributed by atoms with Crippen LogP contribution >= 0.6 is 28.1 Å². The van der Waals surface area contributed by atoms with Crippen LogP contribution < -0.4 is 16.8 Å². The summed E-state index contributed by atoms with van der Waals surface area (Å²) < 4.78 is 0.813. The second kappa shape index (κ2) is 3.68. The van der Waals surface area contributed by atoms with Gasteiger partial charge in [0.05, 0.1) is 5.69 Å². The molecule has 12 heavy (non-hydrogen) atoms. The SMILES string of the molecule is NC(=S)Nc1ncc(Br)cc1N. The standard InChI is InChI=1S/C6H7BrN4S/c7-3-1-4(8)5(10-2-3)11-6(9)12/h1-2H,8H2,(H3,9,10,11,12). The van der Waals surface area contributed by atoms with E-state index in [0.717, 1.165) is 4.47 Å². The van der Waals surface area contributed by atoms with Gasteiger partial charge in [0.2, 0.25) is 0 Å². The molecule has 0 amide bonds. The highest BCUT2D eigenvalue weighted by Crippen LogP contribution is 2.19. The average molecular weight is 247 g/mol. The smallest absolute Gasteiger partial charge is 0.169 e. The minimum Gasteiger partial charge on any atom is -0.396 e. The molecule has 4 nitrogen and oxygen atoms in total. The summed E-state index contributed by atoms with van der Waals surface area (Å²) in [5, 5.41) is 2.80. The Kier molecular flexibility index (Phi) is 2.83. The third-order valence-corrected chi connectivity index (χ3v) is 1.66. The van der Waals surface area contributed by atoms with Gasteiger partial charge in [0.15, 0.2) is 10.9 Å². The second-order valence-electron chi connectivity index (χ2n) is 2.08. The molecule has 0 aliphatic rings. The molecule has 6 heteroatoms. The van der Waals surface area contributed by atoms with Crippen LogP contribution in [0.3, 0.4) is 0 Å². The Balaban J connectivity index is 2.93. The molecular weight excluding hydrogens is 240 g/mol. The largest absolute Gasteiger partial charge is 0.396 e. The lowest BCUT2D eigenvalue weighted by molar-refractivity contribution is 1.31. The Bertz CT molecular complexity index is 314. The highest BCUT2D eigenvalue weighted by molar-refractivity contribution is 9.10. The first-order valence-corrected chi connectivity index (χ1v) is 4.27. The fraction of sp³-hybridized carbons (Fsp3) is 0. The van der Waals surface area contributed by atoms with Gasteiger partial charge in [-0.25, -0.2) is 4.98 Å². The maximum atomic E-state index is 5.60. The summed E-state index contributed by atoms with van der Waals surface area (Å²) in [6, 6.07) is 1.72. The van der Waals surface area contributed by atoms with Crippen molar-refractivity contribution < 1.29 is 0 Å². The Morgan fingerprint density at radius 3 is 2.83 bits per heavy atom. The van der Waals surface area contributed by atoms with Gasteiger partial charge in [-0.15, -0.1) is 0 Å². The van der Waals surface area contributed by atoms with Crippen LogP contribution in [0.2, 0.25) is 0 Å². The number of hydrogen-bond donors (Lipinski definition) is 3. The molecule has 0 saturated carbocycles. The molecule has 0 aliphatic heterocycles. The zero-order chi connectivity index (χ0) is 9.14. The van der Waals surface area contributed by atoms with Gasteiger partial charge in [-0.05, 0) is 34.2 Å². The summed E-state index contributed by atoms with van der Waals surface area (Å²) in [5.74, 6) is 0.478. The van der Waals surface area contributed by atoms with E-state index in [1.807, 2.05) is 0 Å². The number of hydrogen-bond acceptors (Lipinski definition) is 3. The molecule has 1 heterocycles. The lowest BCUT2D eigenvalue weighted by Gasteiger charge is -2.05. The first kappa shape index (κ1) is 9.21. The Hall–Kier alpha value is -0.880. The second-order valence-corrected chi connectivity index (χ2v) is 3.44. The van der Waals surface area contributed by atoms with Gasteiger partial charge in [0, 0.05) is 10.7 Å². The predicted octanol–water partition coefficient (Wildman–Crippen LogP) is 1.08. The first-order chi connectivity index (χ1) is 5.59. The summed E-state index contributed by atoms with van der Waals surface area (Å²) in [7, 11) is 0. The monoisotopic (exact) mass is 246 g/mol. The quantitative estimate of drug-likeness (QED) is 0.647. The molecule has 0 unspecified atom stereocenters. The van der Waals surface area contributed by atoms with Crippen molar-refractivity contribution in [2.24, 2.45) is 5.73 Å². The van der Waals surface area contributed by atoms with E-state index in [-0.39, 0.29) is 5.11 Å². The van der Waals surface area contributed by atoms with Crippen LogP contribution in [-0.2, 0) is 0 Å². The minimum absolute atomic E-state index is 0.150. The van der Waals surface area contributed by atoms with Crippen molar-refractivity contribution in [2.75, 3.05) is 11.1 Å². The number of nitrogen functional groups attached to an aromatic ring is 1. The predicted molar refractivity (Wildman–Crippen MR) is 56.8 cm³/mol. The van der Waals surface area contributed by atoms with E-state index in [4.69, 9.17) is 11.5 Å². The maximum absolute atomic E-state index is 5.60. The van der Waals surface area contributed by atoms with Gasteiger partial charge in [-0.3, -0.25) is 0 Å². The van der Waals surface area contributed by atoms with Gasteiger partial charge in [-0.2, -0.15) is 0 Å². The highest BCUT2D eigenvalue weighted by atomic mass is 79.9. The molecule has 0 atom stereocenters. The third kappa shape index (κ3) is 2.31. The highest BCUT2D eigenvalue weighted by Gasteiger charge is 2.00. The molecular formula is C6H7BrN4S. The minimum atomic E-state index is 0.150. The van der Waals surface area contributed by atoms with E-state index < -0.39 is 0 Å². The van der Waals surface area contributed by atoms with Gasteiger partial charge >= 0.3 is 0 Å². The molecule has 0 saturated heterocycles. The average Bonchev–Trinajstić information content (AvgIpc) is 1.94. The molecule has 0 aliphatic carbocycles. The fourth-order valence-corrected chi connectivity index (χ4v) is 1.12. The number of nitrogens with two attached hydrogens (primary N) is 2. The van der Waals surface area contributed by atoms with Crippen LogP contribution in [0.1, 0.15) is 0 Å². The zero-order valence-electron chi connectivity index (χ0n) is 6.04. The molecule has 0 radical (unpaired) electrons. The third-order valence-electron chi connectivity index (χ3n) is 1.13. The van der Waals surface area contributed by atoms with E-state index in [2.05, 4.69) is 38.4 Å². The van der Waals surface area contributed by atoms with Crippen molar-refractivity contribution in [2.45, 2.75) is 0 Å². The number of nitrogens with one attached hydrogen (secondary N) is 1. The molecule has 0 spiro atoms. The van der Waals surface area contributed by atoms with E-state index in [0.29, 0.717) is 11.5 Å². The van der Waals surface area contributed by atoms with Crippen LogP contribution in [-0.4, -0.2) is 10.1 Å².